The first-order chi connectivity index (χ1) is 40.1. The highest BCUT2D eigenvalue weighted by molar-refractivity contribution is 6.40. The Hall–Kier alpha value is -7.57. The van der Waals surface area contributed by atoms with E-state index in [1.165, 1.54) is 23.5 Å². The van der Waals surface area contributed by atoms with Crippen LogP contribution in [0.15, 0.2) is 34.3 Å². The van der Waals surface area contributed by atoms with E-state index in [-0.39, 0.29) is 94.9 Å². The van der Waals surface area contributed by atoms with E-state index >= 15 is 0 Å². The lowest BCUT2D eigenvalue weighted by Gasteiger charge is -2.28. The number of carbonyl (C=O) groups excluding carboxylic acids is 10. The minimum Gasteiger partial charge on any atom is -0.389 e. The largest absolute Gasteiger partial charge is 0.389 e. The second-order valence-electron chi connectivity index (χ2n) is 19.8. The molecule has 1 aromatic heterocycles. The molecule has 0 aliphatic carbocycles. The number of aliphatic imine (C=N–C) groups is 2. The first-order valence-electron chi connectivity index (χ1n) is 27.9. The summed E-state index contributed by atoms with van der Waals surface area (Å²) in [6.07, 6.45) is 4.05. The zero-order valence-electron chi connectivity index (χ0n) is 47.4. The third-order valence-corrected chi connectivity index (χ3v) is 13.1. The number of nitrogens with zero attached hydrogens (tertiary/aromatic N) is 4. The van der Waals surface area contributed by atoms with Gasteiger partial charge in [0.15, 0.2) is 5.96 Å². The van der Waals surface area contributed by atoms with Gasteiger partial charge in [-0.25, -0.2) is 9.98 Å². The topological polar surface area (TPSA) is 612 Å². The molecule has 0 aromatic carbocycles. The fraction of sp³-hybridized carbons (Fsp3) is 0.660. The molecule has 1 aliphatic rings. The van der Waals surface area contributed by atoms with Gasteiger partial charge in [0.1, 0.15) is 47.7 Å². The number of nitrogens with one attached hydrogen (secondary N) is 8. The van der Waals surface area contributed by atoms with Crippen molar-refractivity contribution in [2.24, 2.45) is 67.3 Å². The van der Waals surface area contributed by atoms with E-state index in [0.29, 0.717) is 63.7 Å². The number of amides is 10. The van der Waals surface area contributed by atoms with E-state index < -0.39 is 133 Å². The maximum atomic E-state index is 14.4. The Morgan fingerprint density at radius 2 is 1.30 bits per heavy atom. The highest BCUT2D eigenvalue weighted by Crippen LogP contribution is 2.20. The fourth-order valence-corrected chi connectivity index (χ4v) is 8.44. The van der Waals surface area contributed by atoms with Crippen molar-refractivity contribution in [1.82, 2.24) is 52.1 Å². The Balaban J connectivity index is 2.40. The molecular formula is C50H90N22O12. The zero-order chi connectivity index (χ0) is 62.7. The molecule has 30 N–H and O–H groups in total. The van der Waals surface area contributed by atoms with Crippen molar-refractivity contribution in [3.05, 3.63) is 30.0 Å². The normalized spacial score (nSPS) is 16.3. The Labute approximate surface area is 486 Å². The number of aliphatic hydroxyl groups is 2. The maximum Gasteiger partial charge on any atom is 0.269 e. The van der Waals surface area contributed by atoms with Gasteiger partial charge in [0.2, 0.25) is 41.4 Å². The molecular weight excluding hydrogens is 1100 g/mol. The first-order valence-corrected chi connectivity index (χ1v) is 27.9. The summed E-state index contributed by atoms with van der Waals surface area (Å²) in [5, 5.41) is 38.4. The van der Waals surface area contributed by atoms with E-state index in [1.807, 2.05) is 0 Å². The van der Waals surface area contributed by atoms with E-state index in [0.717, 1.165) is 0 Å². The number of primary amides is 1. The van der Waals surface area contributed by atoms with Crippen molar-refractivity contribution in [3.63, 3.8) is 0 Å². The van der Waals surface area contributed by atoms with Gasteiger partial charge in [-0.05, 0) is 110 Å². The average Bonchev–Trinajstić information content (AvgIpc) is 4.09. The number of unbranched alkanes of at least 4 members (excludes halogenated alkanes) is 3. The Morgan fingerprint density at radius 3 is 1.87 bits per heavy atom. The Kier molecular flexibility index (Phi) is 34.4. The predicted octanol–water partition coefficient (Wildman–Crippen LogP) is -9.31. The second-order valence-corrected chi connectivity index (χ2v) is 19.8. The van der Waals surface area contributed by atoms with Crippen LogP contribution in [0, 0.1) is 0 Å². The average molecular weight is 1190 g/mol. The molecule has 0 saturated carbocycles. The molecule has 10 amide bonds. The molecule has 0 unspecified atom stereocenters. The molecule has 2 rings (SSSR count). The number of aliphatic hydroxyl groups excluding tert-OH is 2. The van der Waals surface area contributed by atoms with Crippen LogP contribution in [-0.2, 0) is 54.4 Å². The minimum absolute atomic E-state index is 0.00465. The number of imidazole rings is 1. The third kappa shape index (κ3) is 25.9. The second kappa shape index (κ2) is 39.8. The lowest BCUT2D eigenvalue weighted by atomic mass is 10.1. The van der Waals surface area contributed by atoms with Gasteiger partial charge >= 0.3 is 0 Å². The number of aromatic amines is 1. The van der Waals surface area contributed by atoms with E-state index in [1.54, 1.807) is 0 Å². The molecule has 1 aliphatic heterocycles. The summed E-state index contributed by atoms with van der Waals surface area (Å²) in [7, 11) is 0. The van der Waals surface area contributed by atoms with Crippen LogP contribution in [0.1, 0.15) is 95.6 Å². The molecule has 84 heavy (non-hydrogen) atoms. The summed E-state index contributed by atoms with van der Waals surface area (Å²) in [6.45, 7) is -0.997. The monoisotopic (exact) mass is 1190 g/mol. The van der Waals surface area contributed by atoms with Gasteiger partial charge in [-0.2, -0.15) is 0 Å². The van der Waals surface area contributed by atoms with Crippen LogP contribution in [-0.4, -0.2) is 209 Å². The van der Waals surface area contributed by atoms with Crippen LogP contribution < -0.4 is 94.6 Å². The number of rotatable bonds is 41. The number of hydrogen-bond donors (Lipinski definition) is 20. The van der Waals surface area contributed by atoms with Crippen LogP contribution in [0.25, 0.3) is 0 Å². The molecule has 0 bridgehead atoms. The van der Waals surface area contributed by atoms with Crippen molar-refractivity contribution in [2.45, 2.75) is 151 Å². The lowest BCUT2D eigenvalue weighted by molar-refractivity contribution is -0.136. The van der Waals surface area contributed by atoms with Crippen LogP contribution in [0.2, 0.25) is 0 Å². The quantitative estimate of drug-likeness (QED) is 0.0125. The SMILES string of the molecule is NCCCC[C@H](NC(=O)/C(=C/CCN=C(N)N)NC(=O)[C@H](CCCCN)NC(=O)[C@H](Cc1cnc[nH]1)NC(=O)[C@@H]1CCCN1C(=O)C(CCCN)=NC(=O)CNC(=O)[C@@H](NC(=O)[C@@H](NC(=O)[C@@H](N)CCCCN)[C@@H](O)CN)[C@@H](O)CN)C(N)=O. The van der Waals surface area contributed by atoms with Crippen molar-refractivity contribution in [2.75, 3.05) is 58.9 Å². The number of hydrogen-bond acceptors (Lipinski definition) is 21. The van der Waals surface area contributed by atoms with Crippen LogP contribution in [0.3, 0.4) is 0 Å². The maximum absolute atomic E-state index is 14.4. The molecule has 1 aromatic rings. The van der Waals surface area contributed by atoms with Crippen LogP contribution >= 0.6 is 0 Å². The molecule has 1 fully saturated rings. The summed E-state index contributed by atoms with van der Waals surface area (Å²) < 4.78 is 0. The van der Waals surface area contributed by atoms with Crippen molar-refractivity contribution in [1.29, 1.82) is 0 Å². The summed E-state index contributed by atoms with van der Waals surface area (Å²) >= 11 is 0. The molecule has 34 heteroatoms. The molecule has 9 atom stereocenters. The van der Waals surface area contributed by atoms with Gasteiger partial charge in [0, 0.05) is 44.5 Å². The standard InChI is InChI=1S/C50H90N22O12/c51-16-4-1-10-29(57)42(77)70-40(37(74)24-56)48(83)71-39(36(73)23-55)47(82)63-26-38(75)65-33(13-7-19-54)49(84)72-21-9-15-35(72)46(81)69-34(22-28-25-61-27-64-28)45(80)68-31(12-3-6-18-53)44(79)67-32(14-8-20-62-50(59)60)43(78)66-30(41(58)76)11-2-5-17-52/h14,25,27,29-31,34-37,39-40,73-74H,1-13,15-24,26,51-57H2,(H2,58,76)(H,61,64)(H,63,82)(H,66,78)(H,67,79)(H,68,80)(H,69,81)(H,70,77)(H,71,83)(H4,59,60,62)/b32-14-,65-33?/t29-,30-,31-,34-,35-,36-,37-,39-,40-/m0/s1. The molecule has 1 saturated heterocycles. The van der Waals surface area contributed by atoms with E-state index in [9.17, 15) is 58.2 Å². The van der Waals surface area contributed by atoms with E-state index in [2.05, 4.69) is 57.2 Å². The van der Waals surface area contributed by atoms with Gasteiger partial charge in [0.05, 0.1) is 31.1 Å². The molecule has 472 valence electrons. The summed E-state index contributed by atoms with van der Waals surface area (Å²) in [5.74, 6) is -9.48. The van der Waals surface area contributed by atoms with E-state index in [4.69, 9.17) is 57.3 Å². The first kappa shape index (κ1) is 72.5. The molecule has 0 spiro atoms. The highest BCUT2D eigenvalue weighted by Gasteiger charge is 2.39. The predicted molar refractivity (Wildman–Crippen MR) is 308 cm³/mol. The summed E-state index contributed by atoms with van der Waals surface area (Å²) in [6, 6.07) is -9.81. The van der Waals surface area contributed by atoms with Crippen molar-refractivity contribution in [3.8, 4) is 0 Å². The van der Waals surface area contributed by atoms with Crippen molar-refractivity contribution >= 4 is 70.7 Å². The molecule has 2 heterocycles. The van der Waals surface area contributed by atoms with Crippen LogP contribution in [0.4, 0.5) is 0 Å². The van der Waals surface area contributed by atoms with Gasteiger partial charge in [-0.15, -0.1) is 0 Å². The Bertz CT molecular complexity index is 2390. The smallest absolute Gasteiger partial charge is 0.269 e. The lowest BCUT2D eigenvalue weighted by Crippen LogP contribution is -2.63. The number of carbonyl (C=O) groups is 10. The fourth-order valence-electron chi connectivity index (χ4n) is 8.44. The van der Waals surface area contributed by atoms with Crippen molar-refractivity contribution < 1.29 is 58.2 Å². The van der Waals surface area contributed by atoms with Gasteiger partial charge in [-0.1, -0.05) is 12.5 Å². The number of likely N-dealkylation sites (tertiary alicyclic amines) is 1. The molecule has 34 nitrogen and oxygen atoms in total. The van der Waals surface area contributed by atoms with Crippen LogP contribution in [0.5, 0.6) is 0 Å². The zero-order valence-corrected chi connectivity index (χ0v) is 47.4. The number of guanidine groups is 1. The summed E-state index contributed by atoms with van der Waals surface area (Å²) in [4.78, 5) is 152. The highest BCUT2D eigenvalue weighted by atomic mass is 16.3. The minimum atomic E-state index is -1.86. The van der Waals surface area contributed by atoms with Gasteiger partial charge in [0.25, 0.3) is 17.7 Å². The summed E-state index contributed by atoms with van der Waals surface area (Å²) in [5.41, 5.74) is 56.0. The molecule has 0 radical (unpaired) electrons. The van der Waals surface area contributed by atoms with Gasteiger partial charge < -0.3 is 115 Å². The Morgan fingerprint density at radius 1 is 0.702 bits per heavy atom. The third-order valence-electron chi connectivity index (χ3n) is 13.1. The number of H-pyrrole nitrogens is 1. The number of nitrogens with two attached hydrogens (primary N) is 10. The number of aromatic nitrogens is 2. The van der Waals surface area contributed by atoms with Gasteiger partial charge in [-0.3, -0.25) is 52.9 Å².